The summed E-state index contributed by atoms with van der Waals surface area (Å²) >= 11 is 0. The van der Waals surface area contributed by atoms with Crippen LogP contribution in [0.5, 0.6) is 5.75 Å². The van der Waals surface area contributed by atoms with E-state index < -0.39 is 34.8 Å². The molecule has 1 N–H and O–H groups in total. The summed E-state index contributed by atoms with van der Waals surface area (Å²) in [5.41, 5.74) is -1.54. The molecular weight excluding hydrogens is 232 g/mol. The Morgan fingerprint density at radius 2 is 1.88 bits per heavy atom. The lowest BCUT2D eigenvalue weighted by Crippen LogP contribution is -2.26. The second kappa shape index (κ2) is 3.99. The van der Waals surface area contributed by atoms with Crippen molar-refractivity contribution >= 4 is 5.97 Å². The Labute approximate surface area is 87.3 Å². The predicted octanol–water partition coefficient (Wildman–Crippen LogP) is 2.15. The highest BCUT2D eigenvalue weighted by molar-refractivity contribution is 5.77. The molecule has 1 rings (SSSR count). The zero-order valence-electron chi connectivity index (χ0n) is 7.93. The lowest BCUT2D eigenvalue weighted by molar-refractivity contribution is -0.166. The lowest BCUT2D eigenvalue weighted by Gasteiger charge is -2.13. The highest BCUT2D eigenvalue weighted by Gasteiger charge is 2.44. The Kier molecular flexibility index (Phi) is 3.06. The van der Waals surface area contributed by atoms with Crippen LogP contribution >= 0.6 is 0 Å². The molecule has 0 saturated heterocycles. The molecule has 0 aromatic heterocycles. The summed E-state index contributed by atoms with van der Waals surface area (Å²) in [6.45, 7) is 0. The molecule has 0 heterocycles. The van der Waals surface area contributed by atoms with Crippen molar-refractivity contribution in [1.82, 2.24) is 0 Å². The van der Waals surface area contributed by atoms with Crippen molar-refractivity contribution < 1.29 is 32.2 Å². The normalized spacial score (nSPS) is 11.3. The van der Waals surface area contributed by atoms with Gasteiger partial charge in [-0.2, -0.15) is 8.78 Å². The lowest BCUT2D eigenvalue weighted by atomic mass is 10.1. The molecule has 0 fully saturated rings. The van der Waals surface area contributed by atoms with Crippen LogP contribution < -0.4 is 4.74 Å². The fraction of sp³-hybridized carbons (Fsp3) is 0.222. The van der Waals surface area contributed by atoms with Gasteiger partial charge >= 0.3 is 11.9 Å². The third-order valence-corrected chi connectivity index (χ3v) is 1.85. The Morgan fingerprint density at radius 1 is 1.31 bits per heavy atom. The number of halogens is 4. The summed E-state index contributed by atoms with van der Waals surface area (Å²) in [6.07, 6.45) is 0. The molecule has 0 bridgehead atoms. The minimum Gasteiger partial charge on any atom is -0.494 e. The second-order valence-corrected chi connectivity index (χ2v) is 2.85. The van der Waals surface area contributed by atoms with Crippen LogP contribution in [0, 0.1) is 11.6 Å². The molecule has 0 radical (unpaired) electrons. The Balaban J connectivity index is 3.37. The maximum atomic E-state index is 13.1. The van der Waals surface area contributed by atoms with E-state index in [1.165, 1.54) is 0 Å². The number of hydrogen-bond acceptors (Lipinski definition) is 2. The number of carbonyl (C=O) groups is 1. The molecule has 0 atom stereocenters. The van der Waals surface area contributed by atoms with Crippen molar-refractivity contribution in [3.8, 4) is 5.75 Å². The number of aliphatic carboxylic acids is 1. The molecule has 0 saturated carbocycles. The van der Waals surface area contributed by atoms with Gasteiger partial charge in [0.25, 0.3) is 0 Å². The Bertz CT molecular complexity index is 431. The van der Waals surface area contributed by atoms with Crippen LogP contribution in [-0.4, -0.2) is 18.2 Å². The van der Waals surface area contributed by atoms with E-state index in [0.717, 1.165) is 7.11 Å². The van der Waals surface area contributed by atoms with Crippen LogP contribution in [0.15, 0.2) is 12.1 Å². The van der Waals surface area contributed by atoms with Crippen LogP contribution in [0.1, 0.15) is 5.56 Å². The number of benzene rings is 1. The van der Waals surface area contributed by atoms with E-state index in [1.807, 2.05) is 0 Å². The van der Waals surface area contributed by atoms with Gasteiger partial charge in [-0.25, -0.2) is 13.6 Å². The molecule has 1 aromatic carbocycles. The van der Waals surface area contributed by atoms with Crippen molar-refractivity contribution in [2.75, 3.05) is 7.11 Å². The average molecular weight is 238 g/mol. The van der Waals surface area contributed by atoms with Gasteiger partial charge in [0.15, 0.2) is 11.6 Å². The first-order chi connectivity index (χ1) is 7.30. The molecule has 0 spiro atoms. The van der Waals surface area contributed by atoms with E-state index in [9.17, 15) is 22.4 Å². The van der Waals surface area contributed by atoms with Gasteiger partial charge in [-0.1, -0.05) is 0 Å². The van der Waals surface area contributed by atoms with E-state index in [0.29, 0.717) is 6.07 Å². The van der Waals surface area contributed by atoms with Crippen LogP contribution in [0.4, 0.5) is 17.6 Å². The molecule has 0 unspecified atom stereocenters. The van der Waals surface area contributed by atoms with E-state index >= 15 is 0 Å². The molecule has 16 heavy (non-hydrogen) atoms. The van der Waals surface area contributed by atoms with Crippen LogP contribution in [0.2, 0.25) is 0 Å². The number of carboxylic acid groups (broad SMARTS) is 1. The van der Waals surface area contributed by atoms with Crippen LogP contribution in [-0.2, 0) is 10.7 Å². The number of methoxy groups -OCH3 is 1. The van der Waals surface area contributed by atoms with Gasteiger partial charge in [-0.15, -0.1) is 0 Å². The van der Waals surface area contributed by atoms with Gasteiger partial charge < -0.3 is 9.84 Å². The van der Waals surface area contributed by atoms with E-state index in [-0.39, 0.29) is 6.07 Å². The van der Waals surface area contributed by atoms with Gasteiger partial charge in [0, 0.05) is 6.07 Å². The zero-order chi connectivity index (χ0) is 12.5. The maximum absolute atomic E-state index is 13.1. The first-order valence-corrected chi connectivity index (χ1v) is 3.95. The number of alkyl halides is 2. The largest absolute Gasteiger partial charge is 0.494 e. The Hall–Kier alpha value is -1.79. The standard InChI is InChI=1S/C9H6F4O3/c1-16-7-3-5(10)4(2-6(7)11)9(12,13)8(14)15/h2-3H,1H3,(H,14,15). The van der Waals surface area contributed by atoms with Crippen molar-refractivity contribution in [3.63, 3.8) is 0 Å². The first kappa shape index (κ1) is 12.3. The van der Waals surface area contributed by atoms with Crippen molar-refractivity contribution in [2.24, 2.45) is 0 Å². The molecule has 0 amide bonds. The summed E-state index contributed by atoms with van der Waals surface area (Å²) in [6, 6.07) is 0.462. The maximum Gasteiger partial charge on any atom is 0.379 e. The van der Waals surface area contributed by atoms with Crippen molar-refractivity contribution in [2.45, 2.75) is 5.92 Å². The number of rotatable bonds is 3. The fourth-order valence-electron chi connectivity index (χ4n) is 1.04. The fourth-order valence-corrected chi connectivity index (χ4v) is 1.04. The van der Waals surface area contributed by atoms with Gasteiger partial charge in [-0.3, -0.25) is 0 Å². The smallest absolute Gasteiger partial charge is 0.379 e. The van der Waals surface area contributed by atoms with E-state index in [4.69, 9.17) is 5.11 Å². The van der Waals surface area contributed by atoms with E-state index in [2.05, 4.69) is 4.74 Å². The van der Waals surface area contributed by atoms with Gasteiger partial charge in [0.2, 0.25) is 0 Å². The zero-order valence-corrected chi connectivity index (χ0v) is 7.93. The number of carboxylic acids is 1. The monoisotopic (exact) mass is 238 g/mol. The third kappa shape index (κ3) is 1.93. The van der Waals surface area contributed by atoms with Crippen LogP contribution in [0.25, 0.3) is 0 Å². The summed E-state index contributed by atoms with van der Waals surface area (Å²) in [7, 11) is 1.02. The SMILES string of the molecule is COc1cc(F)c(C(F)(F)C(=O)O)cc1F. The highest BCUT2D eigenvalue weighted by Crippen LogP contribution is 2.33. The van der Waals surface area contributed by atoms with Gasteiger partial charge in [0.1, 0.15) is 5.82 Å². The predicted molar refractivity (Wildman–Crippen MR) is 44.4 cm³/mol. The molecule has 0 aliphatic rings. The van der Waals surface area contributed by atoms with E-state index in [1.54, 1.807) is 0 Å². The highest BCUT2D eigenvalue weighted by atomic mass is 19.3. The summed E-state index contributed by atoms with van der Waals surface area (Å²) in [4.78, 5) is 10.2. The summed E-state index contributed by atoms with van der Waals surface area (Å²) in [5, 5.41) is 8.17. The average Bonchev–Trinajstić information content (AvgIpc) is 2.20. The van der Waals surface area contributed by atoms with Gasteiger partial charge in [0.05, 0.1) is 12.7 Å². The number of hydrogen-bond donors (Lipinski definition) is 1. The molecule has 7 heteroatoms. The third-order valence-electron chi connectivity index (χ3n) is 1.85. The summed E-state index contributed by atoms with van der Waals surface area (Å²) in [5.74, 6) is -10.4. The first-order valence-electron chi connectivity index (χ1n) is 3.95. The molecule has 88 valence electrons. The topological polar surface area (TPSA) is 46.5 Å². The van der Waals surface area contributed by atoms with Gasteiger partial charge in [-0.05, 0) is 6.07 Å². The van der Waals surface area contributed by atoms with Crippen LogP contribution in [0.3, 0.4) is 0 Å². The minimum absolute atomic E-state index is 0.0995. The summed E-state index contributed by atoms with van der Waals surface area (Å²) < 4.78 is 56.3. The Morgan fingerprint density at radius 3 is 2.31 bits per heavy atom. The minimum atomic E-state index is -4.49. The van der Waals surface area contributed by atoms with Crippen molar-refractivity contribution in [1.29, 1.82) is 0 Å². The molecule has 3 nitrogen and oxygen atoms in total. The molecule has 1 aromatic rings. The van der Waals surface area contributed by atoms with Crippen molar-refractivity contribution in [3.05, 3.63) is 29.3 Å². The quantitative estimate of drug-likeness (QED) is 0.820. The molecular formula is C9H6F4O3. The molecule has 0 aliphatic heterocycles. The molecule has 0 aliphatic carbocycles. The number of ether oxygens (including phenoxy) is 1. The second-order valence-electron chi connectivity index (χ2n) is 2.85.